The number of allylic oxidation sites excluding steroid dienone is 4. The lowest BCUT2D eigenvalue weighted by Gasteiger charge is -2.16. The Hall–Kier alpha value is -3.84. The van der Waals surface area contributed by atoms with E-state index in [2.05, 4.69) is 10.9 Å². The van der Waals surface area contributed by atoms with Gasteiger partial charge >= 0.3 is 0 Å². The number of amides is 4. The van der Waals surface area contributed by atoms with Gasteiger partial charge in [0.25, 0.3) is 17.7 Å². The molecule has 4 amide bonds. The molecule has 0 spiro atoms. The summed E-state index contributed by atoms with van der Waals surface area (Å²) in [5, 5.41) is 0. The number of thiocarbonyl (C=S) groups is 2. The Morgan fingerprint density at radius 2 is 1.17 bits per heavy atom. The Kier molecular flexibility index (Phi) is 10.8. The van der Waals surface area contributed by atoms with Crippen LogP contribution in [0.3, 0.4) is 0 Å². The highest BCUT2D eigenvalue weighted by Crippen LogP contribution is 2.32. The fourth-order valence-corrected chi connectivity index (χ4v) is 6.04. The molecule has 2 aliphatic heterocycles. The fraction of sp³-hybridized carbons (Fsp3) is 0.103. The second-order valence-electron chi connectivity index (χ2n) is 8.53. The van der Waals surface area contributed by atoms with Crippen LogP contribution >= 0.6 is 48.0 Å². The van der Waals surface area contributed by atoms with Gasteiger partial charge in [0.15, 0.2) is 0 Å². The molecule has 0 radical (unpaired) electrons. The van der Waals surface area contributed by atoms with Crippen LogP contribution in [0.4, 0.5) is 0 Å². The van der Waals surface area contributed by atoms with Crippen molar-refractivity contribution in [1.29, 1.82) is 0 Å². The van der Waals surface area contributed by atoms with Crippen molar-refractivity contribution in [1.82, 2.24) is 20.7 Å². The van der Waals surface area contributed by atoms with Crippen LogP contribution in [0.1, 0.15) is 17.5 Å². The maximum absolute atomic E-state index is 12.7. The lowest BCUT2D eigenvalue weighted by atomic mass is 10.2. The Labute approximate surface area is 256 Å². The Morgan fingerprint density at radius 3 is 1.71 bits per heavy atom. The third-order valence-electron chi connectivity index (χ3n) is 5.62. The van der Waals surface area contributed by atoms with Crippen LogP contribution in [-0.4, -0.2) is 55.2 Å². The minimum Gasteiger partial charge on any atom is -0.292 e. The molecular weight excluding hydrogens is 597 g/mol. The van der Waals surface area contributed by atoms with E-state index < -0.39 is 11.8 Å². The third-order valence-corrected chi connectivity index (χ3v) is 8.42. The number of thioether (sulfide) groups is 2. The summed E-state index contributed by atoms with van der Waals surface area (Å²) in [6, 6.07) is 19.3. The largest absolute Gasteiger partial charge is 0.292 e. The minimum absolute atomic E-state index is 0.0576. The van der Waals surface area contributed by atoms with Gasteiger partial charge in [-0.25, -0.2) is 0 Å². The van der Waals surface area contributed by atoms with E-state index >= 15 is 0 Å². The molecule has 2 aromatic carbocycles. The van der Waals surface area contributed by atoms with Crippen molar-refractivity contribution in [2.24, 2.45) is 0 Å². The molecule has 12 heteroatoms. The van der Waals surface area contributed by atoms with E-state index in [9.17, 15) is 19.2 Å². The smallest absolute Gasteiger partial charge is 0.266 e. The van der Waals surface area contributed by atoms with Crippen molar-refractivity contribution >= 4 is 92.4 Å². The lowest BCUT2D eigenvalue weighted by Crippen LogP contribution is -2.48. The zero-order chi connectivity index (χ0) is 29.2. The number of hydrazine groups is 1. The molecule has 0 aliphatic carbocycles. The highest BCUT2D eigenvalue weighted by molar-refractivity contribution is 8.27. The van der Waals surface area contributed by atoms with E-state index in [0.717, 1.165) is 34.7 Å². The van der Waals surface area contributed by atoms with Gasteiger partial charge in [0.1, 0.15) is 15.2 Å². The Balaban J connectivity index is 1.20. The number of benzene rings is 2. The van der Waals surface area contributed by atoms with Crippen molar-refractivity contribution in [2.45, 2.75) is 6.42 Å². The van der Waals surface area contributed by atoms with Crippen LogP contribution < -0.4 is 10.9 Å². The van der Waals surface area contributed by atoms with Gasteiger partial charge in [-0.2, -0.15) is 0 Å². The first-order chi connectivity index (χ1) is 19.8. The van der Waals surface area contributed by atoms with E-state index in [1.54, 1.807) is 24.3 Å². The van der Waals surface area contributed by atoms with Crippen LogP contribution in [0.5, 0.6) is 0 Å². The number of carbonyl (C=O) groups excluding carboxylic acids is 4. The molecule has 2 fully saturated rings. The van der Waals surface area contributed by atoms with Crippen molar-refractivity contribution in [3.05, 3.63) is 106 Å². The van der Waals surface area contributed by atoms with Gasteiger partial charge in [-0.15, -0.1) is 0 Å². The van der Waals surface area contributed by atoms with Crippen LogP contribution in [0.25, 0.3) is 12.2 Å². The molecule has 41 heavy (non-hydrogen) atoms. The Bertz CT molecular complexity index is 1490. The minimum atomic E-state index is -0.616. The molecule has 2 saturated heterocycles. The Morgan fingerprint density at radius 1 is 0.707 bits per heavy atom. The average Bonchev–Trinajstić information content (AvgIpc) is 3.40. The standard InChI is InChI=1S/C29H24N4O4S4/c34-24(17-18-32-26(36)22(40-28(32)38)15-7-13-20-9-3-1-4-10-20)30-31-25(35)19-33-27(37)23(41-29(33)39)16-8-14-21-11-5-2-6-12-21/h1-16H,17-19H2,(H,30,34)(H,31,35). The van der Waals surface area contributed by atoms with Crippen molar-refractivity contribution in [3.63, 3.8) is 0 Å². The van der Waals surface area contributed by atoms with E-state index in [4.69, 9.17) is 24.4 Å². The monoisotopic (exact) mass is 620 g/mol. The molecule has 2 aliphatic rings. The van der Waals surface area contributed by atoms with E-state index in [-0.39, 0.29) is 35.6 Å². The molecule has 8 nitrogen and oxygen atoms in total. The molecule has 2 N–H and O–H groups in total. The summed E-state index contributed by atoms with van der Waals surface area (Å²) in [4.78, 5) is 53.5. The van der Waals surface area contributed by atoms with Crippen LogP contribution in [0.2, 0.25) is 0 Å². The van der Waals surface area contributed by atoms with Crippen LogP contribution in [0.15, 0.2) is 94.8 Å². The number of nitrogens with one attached hydrogen (secondary N) is 2. The average molecular weight is 621 g/mol. The summed E-state index contributed by atoms with van der Waals surface area (Å²) in [5.74, 6) is -1.80. The van der Waals surface area contributed by atoms with E-state index in [1.807, 2.05) is 72.8 Å². The highest BCUT2D eigenvalue weighted by atomic mass is 32.2. The van der Waals surface area contributed by atoms with Gasteiger partial charge in [-0.3, -0.25) is 39.8 Å². The van der Waals surface area contributed by atoms with Crippen molar-refractivity contribution in [3.8, 4) is 0 Å². The zero-order valence-corrected chi connectivity index (χ0v) is 24.8. The highest BCUT2D eigenvalue weighted by Gasteiger charge is 2.33. The lowest BCUT2D eigenvalue weighted by molar-refractivity contribution is -0.131. The second kappa shape index (κ2) is 14.7. The maximum Gasteiger partial charge on any atom is 0.266 e. The molecule has 0 atom stereocenters. The maximum atomic E-state index is 12.7. The van der Waals surface area contributed by atoms with Gasteiger partial charge < -0.3 is 0 Å². The molecule has 2 aromatic rings. The summed E-state index contributed by atoms with van der Waals surface area (Å²) >= 11 is 12.8. The molecule has 0 aromatic heterocycles. The van der Waals surface area contributed by atoms with E-state index in [1.165, 1.54) is 9.80 Å². The van der Waals surface area contributed by atoms with Crippen LogP contribution in [-0.2, 0) is 19.2 Å². The molecule has 208 valence electrons. The quantitative estimate of drug-likeness (QED) is 0.241. The molecular formula is C29H24N4O4S4. The summed E-state index contributed by atoms with van der Waals surface area (Å²) in [7, 11) is 0. The normalized spacial score (nSPS) is 17.6. The van der Waals surface area contributed by atoms with Crippen molar-refractivity contribution < 1.29 is 19.2 Å². The van der Waals surface area contributed by atoms with Gasteiger partial charge in [0.05, 0.1) is 9.81 Å². The predicted octanol–water partition coefficient (Wildman–Crippen LogP) is 4.44. The first-order valence-corrected chi connectivity index (χ1v) is 14.8. The zero-order valence-electron chi connectivity index (χ0n) is 21.5. The van der Waals surface area contributed by atoms with Crippen LogP contribution in [0, 0.1) is 0 Å². The van der Waals surface area contributed by atoms with Gasteiger partial charge in [-0.1, -0.05) is 133 Å². The molecule has 0 unspecified atom stereocenters. The summed E-state index contributed by atoms with van der Waals surface area (Å²) in [6.45, 7) is -0.289. The van der Waals surface area contributed by atoms with Gasteiger partial charge in [0, 0.05) is 13.0 Å². The predicted molar refractivity (Wildman–Crippen MR) is 172 cm³/mol. The first kappa shape index (κ1) is 30.1. The molecule has 4 rings (SSSR count). The number of nitrogens with zero attached hydrogens (tertiary/aromatic N) is 2. The topological polar surface area (TPSA) is 98.8 Å². The SMILES string of the molecule is O=C(CCN1C(=O)C(=CC=Cc2ccccc2)SC1=S)NNC(=O)CN1C(=O)C(=CC=Cc2ccccc2)SC1=S. The van der Waals surface area contributed by atoms with Crippen molar-refractivity contribution in [2.75, 3.05) is 13.1 Å². The number of hydrogen-bond acceptors (Lipinski definition) is 8. The molecule has 2 heterocycles. The van der Waals surface area contributed by atoms with E-state index in [0.29, 0.717) is 14.1 Å². The third kappa shape index (κ3) is 8.57. The number of rotatable bonds is 9. The number of hydrogen-bond donors (Lipinski definition) is 2. The first-order valence-electron chi connectivity index (χ1n) is 12.3. The molecule has 0 saturated carbocycles. The number of carbonyl (C=O) groups is 4. The summed E-state index contributed by atoms with van der Waals surface area (Å²) < 4.78 is 0.601. The fourth-order valence-electron chi connectivity index (χ4n) is 3.58. The molecule has 0 bridgehead atoms. The summed E-state index contributed by atoms with van der Waals surface area (Å²) in [5.41, 5.74) is 6.57. The summed E-state index contributed by atoms with van der Waals surface area (Å²) in [6.07, 6.45) is 10.5. The van der Waals surface area contributed by atoms with Gasteiger partial charge in [0.2, 0.25) is 5.91 Å². The van der Waals surface area contributed by atoms with Gasteiger partial charge in [-0.05, 0) is 23.3 Å². The second-order valence-corrected chi connectivity index (χ2v) is 11.9.